The Balaban J connectivity index is 2.21. The monoisotopic (exact) mass is 372 g/mol. The molecular weight excluding hydrogens is 356 g/mol. The summed E-state index contributed by atoms with van der Waals surface area (Å²) in [7, 11) is 0. The van der Waals surface area contributed by atoms with Crippen LogP contribution in [0.2, 0.25) is 0 Å². The van der Waals surface area contributed by atoms with E-state index in [1.165, 1.54) is 0 Å². The minimum Gasteiger partial charge on any atom is -0.443 e. The molecule has 5 heteroatoms. The van der Waals surface area contributed by atoms with E-state index in [-0.39, 0.29) is 0 Å². The molecule has 0 aliphatic carbocycles. The van der Waals surface area contributed by atoms with Gasteiger partial charge in [0.25, 0.3) is 0 Å². The molecule has 0 aliphatic rings. The average Bonchev–Trinajstić information content (AvgIpc) is 2.85. The maximum Gasteiger partial charge on any atom is 0.419 e. The molecule has 0 atom stereocenters. The second-order valence-electron chi connectivity index (χ2n) is 6.30. The van der Waals surface area contributed by atoms with Gasteiger partial charge in [-0.05, 0) is 54.9 Å². The molecule has 0 bridgehead atoms. The Bertz CT molecular complexity index is 878. The largest absolute Gasteiger partial charge is 0.443 e. The summed E-state index contributed by atoms with van der Waals surface area (Å²) >= 11 is 3.43. The lowest BCUT2D eigenvalue weighted by molar-refractivity contribution is 0.0547. The molecule has 0 unspecified atom stereocenters. The second kappa shape index (κ2) is 5.81. The van der Waals surface area contributed by atoms with Crippen LogP contribution in [0.1, 0.15) is 20.8 Å². The average molecular weight is 373 g/mol. The fourth-order valence-electron chi connectivity index (χ4n) is 2.42. The zero-order valence-corrected chi connectivity index (χ0v) is 14.8. The van der Waals surface area contributed by atoms with Gasteiger partial charge in [-0.25, -0.2) is 9.36 Å². The lowest BCUT2D eigenvalue weighted by atomic mass is 10.2. The van der Waals surface area contributed by atoms with Gasteiger partial charge >= 0.3 is 6.09 Å². The van der Waals surface area contributed by atoms with E-state index in [0.717, 1.165) is 26.6 Å². The number of hydrogen-bond acceptors (Lipinski definition) is 3. The van der Waals surface area contributed by atoms with E-state index in [1.807, 2.05) is 57.2 Å². The Morgan fingerprint density at radius 2 is 1.91 bits per heavy atom. The predicted molar refractivity (Wildman–Crippen MR) is 94.5 cm³/mol. The van der Waals surface area contributed by atoms with E-state index < -0.39 is 11.7 Å². The molecule has 0 amide bonds. The van der Waals surface area contributed by atoms with Crippen molar-refractivity contribution in [3.63, 3.8) is 0 Å². The molecule has 0 radical (unpaired) electrons. The number of pyridine rings is 1. The Morgan fingerprint density at radius 1 is 1.17 bits per heavy atom. The van der Waals surface area contributed by atoms with Crippen molar-refractivity contribution in [3.8, 4) is 11.3 Å². The van der Waals surface area contributed by atoms with Crippen LogP contribution in [0.4, 0.5) is 4.79 Å². The van der Waals surface area contributed by atoms with Crippen LogP contribution in [0.3, 0.4) is 0 Å². The standard InChI is InChI=1S/C18H17BrN2O2/c1-18(2,3)23-17(22)21-15-7-5-4-6-12(15)9-16(21)13-8-14(19)11-20-10-13/h4-11H,1-3H3. The number of nitrogens with zero attached hydrogens (tertiary/aromatic N) is 2. The highest BCUT2D eigenvalue weighted by Gasteiger charge is 2.22. The topological polar surface area (TPSA) is 44.1 Å². The molecule has 4 nitrogen and oxygen atoms in total. The first-order chi connectivity index (χ1) is 10.8. The van der Waals surface area contributed by atoms with Crippen molar-refractivity contribution in [1.82, 2.24) is 9.55 Å². The number of fused-ring (bicyclic) bond motifs is 1. The quantitative estimate of drug-likeness (QED) is 0.585. The first-order valence-corrected chi connectivity index (χ1v) is 8.09. The predicted octanol–water partition coefficient (Wildman–Crippen LogP) is 5.25. The molecule has 1 aromatic carbocycles. The molecule has 0 saturated heterocycles. The van der Waals surface area contributed by atoms with Gasteiger partial charge < -0.3 is 4.74 Å². The van der Waals surface area contributed by atoms with Crippen LogP contribution in [-0.2, 0) is 4.74 Å². The molecule has 118 valence electrons. The Kier molecular flexibility index (Phi) is 3.98. The summed E-state index contributed by atoms with van der Waals surface area (Å²) < 4.78 is 8.03. The van der Waals surface area contributed by atoms with Crippen molar-refractivity contribution in [2.45, 2.75) is 26.4 Å². The number of ether oxygens (including phenoxy) is 1. The van der Waals surface area contributed by atoms with Gasteiger partial charge in [0.15, 0.2) is 0 Å². The Morgan fingerprint density at radius 3 is 2.61 bits per heavy atom. The van der Waals surface area contributed by atoms with Gasteiger partial charge in [0, 0.05) is 27.8 Å². The lowest BCUT2D eigenvalue weighted by Crippen LogP contribution is -2.27. The molecule has 0 spiro atoms. The fraction of sp³-hybridized carbons (Fsp3) is 0.222. The smallest absolute Gasteiger partial charge is 0.419 e. The van der Waals surface area contributed by atoms with Gasteiger partial charge in [-0.1, -0.05) is 18.2 Å². The number of benzene rings is 1. The van der Waals surface area contributed by atoms with Crippen molar-refractivity contribution in [2.75, 3.05) is 0 Å². The molecule has 2 aromatic heterocycles. The maximum atomic E-state index is 12.7. The highest BCUT2D eigenvalue weighted by molar-refractivity contribution is 9.10. The molecule has 3 aromatic rings. The van der Waals surface area contributed by atoms with E-state index in [1.54, 1.807) is 17.0 Å². The zero-order chi connectivity index (χ0) is 16.6. The van der Waals surface area contributed by atoms with Crippen molar-refractivity contribution < 1.29 is 9.53 Å². The molecule has 0 aliphatic heterocycles. The number of hydrogen-bond donors (Lipinski definition) is 0. The lowest BCUT2D eigenvalue weighted by Gasteiger charge is -2.21. The summed E-state index contributed by atoms with van der Waals surface area (Å²) in [4.78, 5) is 16.9. The van der Waals surface area contributed by atoms with Crippen LogP contribution < -0.4 is 0 Å². The molecule has 0 fully saturated rings. The zero-order valence-electron chi connectivity index (χ0n) is 13.2. The van der Waals surface area contributed by atoms with Crippen LogP contribution in [0.15, 0.2) is 53.3 Å². The van der Waals surface area contributed by atoms with Gasteiger partial charge in [0.05, 0.1) is 11.2 Å². The highest BCUT2D eigenvalue weighted by Crippen LogP contribution is 2.30. The fourth-order valence-corrected chi connectivity index (χ4v) is 2.79. The summed E-state index contributed by atoms with van der Waals surface area (Å²) in [6.07, 6.45) is 3.05. The number of aromatic nitrogens is 2. The third-order valence-electron chi connectivity index (χ3n) is 3.29. The molecule has 2 heterocycles. The number of halogens is 1. The minimum absolute atomic E-state index is 0.395. The van der Waals surface area contributed by atoms with E-state index in [4.69, 9.17) is 4.74 Å². The van der Waals surface area contributed by atoms with Gasteiger partial charge in [0.2, 0.25) is 0 Å². The van der Waals surface area contributed by atoms with Crippen LogP contribution in [-0.4, -0.2) is 21.2 Å². The third-order valence-corrected chi connectivity index (χ3v) is 3.72. The van der Waals surface area contributed by atoms with Crippen LogP contribution in [0, 0.1) is 0 Å². The third kappa shape index (κ3) is 3.29. The highest BCUT2D eigenvalue weighted by atomic mass is 79.9. The first kappa shape index (κ1) is 15.7. The Labute approximate surface area is 143 Å². The molecular formula is C18H17BrN2O2. The first-order valence-electron chi connectivity index (χ1n) is 7.30. The molecule has 23 heavy (non-hydrogen) atoms. The molecule has 0 saturated carbocycles. The van der Waals surface area contributed by atoms with Crippen LogP contribution in [0.25, 0.3) is 22.2 Å². The van der Waals surface area contributed by atoms with Gasteiger partial charge in [0.1, 0.15) is 5.60 Å². The second-order valence-corrected chi connectivity index (χ2v) is 7.21. The SMILES string of the molecule is CC(C)(C)OC(=O)n1c(-c2cncc(Br)c2)cc2ccccc21. The summed E-state index contributed by atoms with van der Waals surface area (Å²) in [6.45, 7) is 5.57. The summed E-state index contributed by atoms with van der Waals surface area (Å²) in [6, 6.07) is 11.7. The van der Waals surface area contributed by atoms with Gasteiger partial charge in [-0.3, -0.25) is 4.98 Å². The number of para-hydroxylation sites is 1. The van der Waals surface area contributed by atoms with E-state index >= 15 is 0 Å². The number of carbonyl (C=O) groups is 1. The van der Waals surface area contributed by atoms with Crippen molar-refractivity contribution in [2.24, 2.45) is 0 Å². The summed E-state index contributed by atoms with van der Waals surface area (Å²) in [5.74, 6) is 0. The van der Waals surface area contributed by atoms with Crippen molar-refractivity contribution >= 4 is 32.9 Å². The van der Waals surface area contributed by atoms with Gasteiger partial charge in [-0.2, -0.15) is 0 Å². The van der Waals surface area contributed by atoms with E-state index in [9.17, 15) is 4.79 Å². The van der Waals surface area contributed by atoms with Crippen LogP contribution >= 0.6 is 15.9 Å². The van der Waals surface area contributed by atoms with Crippen molar-refractivity contribution in [3.05, 3.63) is 53.3 Å². The van der Waals surface area contributed by atoms with Crippen molar-refractivity contribution in [1.29, 1.82) is 0 Å². The minimum atomic E-state index is -0.560. The number of carbonyl (C=O) groups excluding carboxylic acids is 1. The summed E-state index contributed by atoms with van der Waals surface area (Å²) in [5, 5.41) is 0.980. The van der Waals surface area contributed by atoms with Crippen LogP contribution in [0.5, 0.6) is 0 Å². The normalized spacial score (nSPS) is 11.7. The summed E-state index contributed by atoms with van der Waals surface area (Å²) in [5.41, 5.74) is 1.86. The molecule has 0 N–H and O–H groups in total. The molecule has 3 rings (SSSR count). The van der Waals surface area contributed by atoms with E-state index in [0.29, 0.717) is 0 Å². The number of rotatable bonds is 1. The van der Waals surface area contributed by atoms with E-state index in [2.05, 4.69) is 20.9 Å². The van der Waals surface area contributed by atoms with Gasteiger partial charge in [-0.15, -0.1) is 0 Å². The maximum absolute atomic E-state index is 12.7. The Hall–Kier alpha value is -2.14.